The van der Waals surface area contributed by atoms with Gasteiger partial charge in [0.2, 0.25) is 0 Å². The van der Waals surface area contributed by atoms with E-state index in [9.17, 15) is 10.1 Å². The van der Waals surface area contributed by atoms with Crippen LogP contribution in [0.4, 0.5) is 5.69 Å². The van der Waals surface area contributed by atoms with Gasteiger partial charge >= 0.3 is 0 Å². The molecule has 0 radical (unpaired) electrons. The maximum absolute atomic E-state index is 11.2. The maximum atomic E-state index is 11.2. The highest BCUT2D eigenvalue weighted by Crippen LogP contribution is 2.31. The molecule has 116 valence electrons. The quantitative estimate of drug-likeness (QED) is 0.628. The number of benzene rings is 1. The van der Waals surface area contributed by atoms with Gasteiger partial charge in [0.25, 0.3) is 5.69 Å². The van der Waals surface area contributed by atoms with Gasteiger partial charge in [-0.1, -0.05) is 37.4 Å². The zero-order valence-corrected chi connectivity index (χ0v) is 13.2. The Morgan fingerprint density at radius 3 is 2.86 bits per heavy atom. The van der Waals surface area contributed by atoms with Crippen LogP contribution in [0.15, 0.2) is 18.2 Å². The predicted octanol–water partition coefficient (Wildman–Crippen LogP) is 4.35. The minimum absolute atomic E-state index is 0.155. The fraction of sp³-hybridized carbons (Fsp3) is 0.625. The highest BCUT2D eigenvalue weighted by Gasteiger charge is 2.27. The molecular weight excluding hydrogens is 288 g/mol. The summed E-state index contributed by atoms with van der Waals surface area (Å²) in [5.74, 6) is 0.477. The number of rotatable bonds is 6. The predicted molar refractivity (Wildman–Crippen MR) is 85.9 cm³/mol. The summed E-state index contributed by atoms with van der Waals surface area (Å²) in [6, 6.07) is 5.51. The summed E-state index contributed by atoms with van der Waals surface area (Å²) >= 11 is 5.88. The van der Waals surface area contributed by atoms with Crippen LogP contribution in [0.25, 0.3) is 0 Å². The van der Waals surface area contributed by atoms with Gasteiger partial charge in [0.1, 0.15) is 0 Å². The van der Waals surface area contributed by atoms with Gasteiger partial charge in [-0.2, -0.15) is 0 Å². The summed E-state index contributed by atoms with van der Waals surface area (Å²) in [6.07, 6.45) is 6.66. The molecule has 0 amide bonds. The van der Waals surface area contributed by atoms with E-state index in [0.29, 0.717) is 17.0 Å². The molecule has 1 fully saturated rings. The summed E-state index contributed by atoms with van der Waals surface area (Å²) in [4.78, 5) is 10.9. The van der Waals surface area contributed by atoms with Crippen molar-refractivity contribution in [1.29, 1.82) is 0 Å². The first-order chi connectivity index (χ1) is 10.1. The molecule has 0 bridgehead atoms. The Balaban J connectivity index is 2.13. The molecule has 1 saturated carbocycles. The number of hydrogen-bond donors (Lipinski definition) is 1. The third-order valence-electron chi connectivity index (χ3n) is 4.29. The number of nitro benzene ring substituents is 1. The standard InChI is InChI=1S/C16H23ClN2O2/c1-2-9-18-15-6-4-3-5-12(15)10-13-7-8-14(17)11-16(13)19(20)21/h7-8,11-12,15,18H,2-6,9-10H2,1H3. The van der Waals surface area contributed by atoms with Crippen LogP contribution in [0.5, 0.6) is 0 Å². The zero-order chi connectivity index (χ0) is 15.2. The molecule has 0 aromatic heterocycles. The minimum atomic E-state index is -0.321. The monoisotopic (exact) mass is 310 g/mol. The molecule has 5 heteroatoms. The molecule has 0 saturated heterocycles. The van der Waals surface area contributed by atoms with E-state index >= 15 is 0 Å². The van der Waals surface area contributed by atoms with Crippen LogP contribution in [-0.2, 0) is 6.42 Å². The Bertz CT molecular complexity index is 493. The van der Waals surface area contributed by atoms with Gasteiger partial charge in [0, 0.05) is 22.7 Å². The van der Waals surface area contributed by atoms with Gasteiger partial charge < -0.3 is 5.32 Å². The Labute approximate surface area is 131 Å². The smallest absolute Gasteiger partial charge is 0.274 e. The van der Waals surface area contributed by atoms with Crippen molar-refractivity contribution in [1.82, 2.24) is 5.32 Å². The second-order valence-electron chi connectivity index (χ2n) is 5.84. The van der Waals surface area contributed by atoms with Crippen LogP contribution >= 0.6 is 11.6 Å². The Morgan fingerprint density at radius 2 is 2.14 bits per heavy atom. The maximum Gasteiger partial charge on any atom is 0.274 e. The molecule has 2 atom stereocenters. The summed E-state index contributed by atoms with van der Waals surface area (Å²) in [5, 5.41) is 15.2. The molecule has 4 nitrogen and oxygen atoms in total. The molecule has 0 aliphatic heterocycles. The minimum Gasteiger partial charge on any atom is -0.314 e. The largest absolute Gasteiger partial charge is 0.314 e. The number of hydrogen-bond acceptors (Lipinski definition) is 3. The normalized spacial score (nSPS) is 22.2. The van der Waals surface area contributed by atoms with Crippen LogP contribution in [-0.4, -0.2) is 17.5 Å². The van der Waals surface area contributed by atoms with Gasteiger partial charge in [-0.3, -0.25) is 10.1 Å². The zero-order valence-electron chi connectivity index (χ0n) is 12.5. The molecule has 0 spiro atoms. The van der Waals surface area contributed by atoms with Crippen LogP contribution < -0.4 is 5.32 Å². The summed E-state index contributed by atoms with van der Waals surface area (Å²) in [6.45, 7) is 3.18. The molecule has 1 N–H and O–H groups in total. The lowest BCUT2D eigenvalue weighted by Crippen LogP contribution is -2.39. The second-order valence-corrected chi connectivity index (χ2v) is 6.28. The van der Waals surface area contributed by atoms with Crippen molar-refractivity contribution < 1.29 is 4.92 Å². The van der Waals surface area contributed by atoms with Crippen LogP contribution in [0.1, 0.15) is 44.6 Å². The molecule has 0 heterocycles. The number of halogens is 1. The van der Waals surface area contributed by atoms with Crippen molar-refractivity contribution >= 4 is 17.3 Å². The van der Waals surface area contributed by atoms with Gasteiger partial charge in [0.05, 0.1) is 4.92 Å². The van der Waals surface area contributed by atoms with E-state index in [0.717, 1.165) is 31.4 Å². The molecular formula is C16H23ClN2O2. The van der Waals surface area contributed by atoms with Crippen LogP contribution in [0.3, 0.4) is 0 Å². The third-order valence-corrected chi connectivity index (χ3v) is 4.53. The van der Waals surface area contributed by atoms with E-state index in [-0.39, 0.29) is 10.6 Å². The van der Waals surface area contributed by atoms with Gasteiger partial charge in [0.15, 0.2) is 0 Å². The van der Waals surface area contributed by atoms with Crippen molar-refractivity contribution in [3.05, 3.63) is 38.9 Å². The van der Waals surface area contributed by atoms with Gasteiger partial charge in [-0.15, -0.1) is 0 Å². The molecule has 21 heavy (non-hydrogen) atoms. The first-order valence-electron chi connectivity index (χ1n) is 7.78. The highest BCUT2D eigenvalue weighted by molar-refractivity contribution is 6.30. The van der Waals surface area contributed by atoms with Crippen molar-refractivity contribution in [3.8, 4) is 0 Å². The number of nitrogens with zero attached hydrogens (tertiary/aromatic N) is 1. The van der Waals surface area contributed by atoms with Crippen LogP contribution in [0.2, 0.25) is 5.02 Å². The van der Waals surface area contributed by atoms with E-state index in [4.69, 9.17) is 11.6 Å². The average Bonchev–Trinajstić information content (AvgIpc) is 2.48. The Kier molecular flexibility index (Phi) is 6.00. The van der Waals surface area contributed by atoms with Crippen molar-refractivity contribution in [2.24, 2.45) is 5.92 Å². The molecule has 1 aliphatic rings. The lowest BCUT2D eigenvalue weighted by atomic mass is 9.80. The molecule has 2 rings (SSSR count). The van der Waals surface area contributed by atoms with Crippen molar-refractivity contribution in [2.75, 3.05) is 6.54 Å². The molecule has 2 unspecified atom stereocenters. The van der Waals surface area contributed by atoms with E-state index < -0.39 is 0 Å². The summed E-state index contributed by atoms with van der Waals surface area (Å²) < 4.78 is 0. The third kappa shape index (κ3) is 4.42. The topological polar surface area (TPSA) is 55.2 Å². The molecule has 1 aromatic carbocycles. The molecule has 1 aromatic rings. The number of nitro groups is 1. The summed E-state index contributed by atoms with van der Waals surface area (Å²) in [5.41, 5.74) is 0.960. The van der Waals surface area contributed by atoms with Gasteiger partial charge in [-0.05, 0) is 44.2 Å². The Hall–Kier alpha value is -1.13. The van der Waals surface area contributed by atoms with Crippen LogP contribution in [0, 0.1) is 16.0 Å². The van der Waals surface area contributed by atoms with E-state index in [1.54, 1.807) is 6.07 Å². The Morgan fingerprint density at radius 1 is 1.38 bits per heavy atom. The van der Waals surface area contributed by atoms with Crippen molar-refractivity contribution in [3.63, 3.8) is 0 Å². The van der Waals surface area contributed by atoms with E-state index in [1.807, 2.05) is 6.07 Å². The fourth-order valence-corrected chi connectivity index (χ4v) is 3.38. The summed E-state index contributed by atoms with van der Waals surface area (Å²) in [7, 11) is 0. The lowest BCUT2D eigenvalue weighted by Gasteiger charge is -2.32. The molecule has 1 aliphatic carbocycles. The van der Waals surface area contributed by atoms with E-state index in [2.05, 4.69) is 12.2 Å². The first kappa shape index (κ1) is 16.2. The lowest BCUT2D eigenvalue weighted by molar-refractivity contribution is -0.385. The number of nitrogens with one attached hydrogen (secondary N) is 1. The average molecular weight is 311 g/mol. The van der Waals surface area contributed by atoms with Crippen molar-refractivity contribution in [2.45, 2.75) is 51.5 Å². The fourth-order valence-electron chi connectivity index (χ4n) is 3.21. The highest BCUT2D eigenvalue weighted by atomic mass is 35.5. The SMILES string of the molecule is CCCNC1CCCCC1Cc1ccc(Cl)cc1[N+](=O)[O-]. The van der Waals surface area contributed by atoms with E-state index in [1.165, 1.54) is 25.3 Å². The first-order valence-corrected chi connectivity index (χ1v) is 8.15. The van der Waals surface area contributed by atoms with Gasteiger partial charge in [-0.25, -0.2) is 0 Å². The second kappa shape index (κ2) is 7.76.